The molecule has 0 amide bonds. The number of nitrogens with two attached hydrogens (primary N) is 1. The number of carbonyl (C=O) groups excluding carboxylic acids is 1. The molecular weight excluding hydrogens is 420 g/mol. The highest BCUT2D eigenvalue weighted by Gasteiger charge is 2.70. The van der Waals surface area contributed by atoms with Crippen molar-refractivity contribution < 1.29 is 14.3 Å². The van der Waals surface area contributed by atoms with Gasteiger partial charge in [0.25, 0.3) is 0 Å². The summed E-state index contributed by atoms with van der Waals surface area (Å²) in [6, 6.07) is 11.8. The highest BCUT2D eigenvalue weighted by atomic mass is 16.5. The Morgan fingerprint density at radius 2 is 2.00 bits per heavy atom. The van der Waals surface area contributed by atoms with Crippen molar-refractivity contribution in [2.24, 2.45) is 11.7 Å². The third-order valence-corrected chi connectivity index (χ3v) is 6.53. The largest absolute Gasteiger partial charge is 0.470 e. The van der Waals surface area contributed by atoms with Gasteiger partial charge in [0.1, 0.15) is 13.2 Å². The first-order chi connectivity index (χ1) is 16.1. The molecule has 2 saturated carbocycles. The summed E-state index contributed by atoms with van der Waals surface area (Å²) in [5.74, 6) is 1.27. The van der Waals surface area contributed by atoms with E-state index in [1.807, 2.05) is 36.5 Å². The average Bonchev–Trinajstić information content (AvgIpc) is 3.66. The van der Waals surface area contributed by atoms with Gasteiger partial charge in [0, 0.05) is 35.6 Å². The summed E-state index contributed by atoms with van der Waals surface area (Å²) in [5.41, 5.74) is 9.40. The molecule has 0 unspecified atom stereocenters. The van der Waals surface area contributed by atoms with E-state index in [9.17, 15) is 4.79 Å². The van der Waals surface area contributed by atoms with E-state index in [-0.39, 0.29) is 30.5 Å². The third kappa shape index (κ3) is 3.32. The topological polar surface area (TPSA) is 118 Å². The number of carbonyl (C=O) groups is 1. The molecule has 0 aliphatic heterocycles. The molecule has 2 aliphatic rings. The van der Waals surface area contributed by atoms with E-state index in [4.69, 9.17) is 15.2 Å². The Morgan fingerprint density at radius 3 is 2.70 bits per heavy atom. The van der Waals surface area contributed by atoms with Crippen LogP contribution < -0.4 is 10.5 Å². The lowest BCUT2D eigenvalue weighted by atomic mass is 10.1. The number of benzene rings is 1. The van der Waals surface area contributed by atoms with Crippen LogP contribution in [0.15, 0.2) is 48.7 Å². The predicted molar refractivity (Wildman–Crippen MR) is 120 cm³/mol. The number of hydrogen-bond acceptors (Lipinski definition) is 8. The van der Waals surface area contributed by atoms with Crippen molar-refractivity contribution in [2.75, 3.05) is 13.7 Å². The molecule has 9 nitrogen and oxygen atoms in total. The second-order valence-electron chi connectivity index (χ2n) is 8.70. The second-order valence-corrected chi connectivity index (χ2v) is 8.70. The van der Waals surface area contributed by atoms with Gasteiger partial charge in [-0.25, -0.2) is 0 Å². The van der Waals surface area contributed by atoms with Gasteiger partial charge in [-0.1, -0.05) is 24.3 Å². The van der Waals surface area contributed by atoms with Gasteiger partial charge in [0.15, 0.2) is 11.4 Å². The minimum atomic E-state index is -0.276. The smallest absolute Gasteiger partial charge is 0.240 e. The van der Waals surface area contributed by atoms with Crippen LogP contribution in [-0.2, 0) is 21.6 Å². The van der Waals surface area contributed by atoms with Gasteiger partial charge in [-0.2, -0.15) is 4.52 Å². The molecule has 0 atom stereocenters. The lowest BCUT2D eigenvalue weighted by Gasteiger charge is -2.10. The maximum absolute atomic E-state index is 11.9. The molecule has 2 fully saturated rings. The molecule has 2 N–H and O–H groups in total. The quantitative estimate of drug-likeness (QED) is 0.414. The molecule has 1 aromatic carbocycles. The van der Waals surface area contributed by atoms with Crippen LogP contribution in [0, 0.1) is 5.92 Å². The molecule has 9 heteroatoms. The van der Waals surface area contributed by atoms with E-state index in [0.29, 0.717) is 16.9 Å². The maximum atomic E-state index is 11.9. The van der Waals surface area contributed by atoms with Crippen molar-refractivity contribution in [1.29, 1.82) is 0 Å². The molecule has 0 saturated heterocycles. The Hall–Kier alpha value is -3.85. The normalized spacial score (nSPS) is 21.2. The molecule has 3 heterocycles. The minimum absolute atomic E-state index is 0.0737. The van der Waals surface area contributed by atoms with Gasteiger partial charge >= 0.3 is 0 Å². The summed E-state index contributed by atoms with van der Waals surface area (Å²) in [4.78, 5) is 16.5. The van der Waals surface area contributed by atoms with Crippen LogP contribution in [0.2, 0.25) is 0 Å². The summed E-state index contributed by atoms with van der Waals surface area (Å²) < 4.78 is 12.4. The van der Waals surface area contributed by atoms with Gasteiger partial charge in [-0.05, 0) is 36.5 Å². The molecule has 33 heavy (non-hydrogen) atoms. The van der Waals surface area contributed by atoms with E-state index in [0.717, 1.165) is 22.4 Å². The first kappa shape index (κ1) is 19.8. The monoisotopic (exact) mass is 442 g/mol. The Morgan fingerprint density at radius 1 is 1.21 bits per heavy atom. The molecule has 0 spiro atoms. The molecule has 2 aliphatic carbocycles. The number of ketones is 1. The van der Waals surface area contributed by atoms with Gasteiger partial charge in [0.05, 0.1) is 11.4 Å². The number of nitrogens with zero attached hydrogens (tertiary/aromatic N) is 5. The molecule has 0 bridgehead atoms. The van der Waals surface area contributed by atoms with Crippen molar-refractivity contribution >= 4 is 27.9 Å². The first-order valence-electron chi connectivity index (χ1n) is 10.8. The number of ether oxygens (including phenoxy) is 2. The second kappa shape index (κ2) is 7.35. The van der Waals surface area contributed by atoms with Gasteiger partial charge in [-0.3, -0.25) is 9.78 Å². The fourth-order valence-electron chi connectivity index (χ4n) is 4.38. The van der Waals surface area contributed by atoms with Crippen molar-refractivity contribution in [1.82, 2.24) is 24.8 Å². The van der Waals surface area contributed by atoms with E-state index in [1.165, 1.54) is 36.1 Å². The van der Waals surface area contributed by atoms with E-state index < -0.39 is 0 Å². The number of aromatic nitrogens is 5. The number of fused-ring (bicyclic) bond motifs is 4. The van der Waals surface area contributed by atoms with E-state index >= 15 is 0 Å². The Labute approximate surface area is 189 Å². The van der Waals surface area contributed by atoms with Gasteiger partial charge < -0.3 is 15.2 Å². The van der Waals surface area contributed by atoms with Crippen LogP contribution in [0.4, 0.5) is 0 Å². The van der Waals surface area contributed by atoms with Crippen LogP contribution in [-0.4, -0.2) is 44.3 Å². The minimum Gasteiger partial charge on any atom is -0.470 e. The highest BCUT2D eigenvalue weighted by molar-refractivity contribution is 5.98. The summed E-state index contributed by atoms with van der Waals surface area (Å²) in [6.07, 6.45) is 5.85. The lowest BCUT2D eigenvalue weighted by Crippen LogP contribution is -2.11. The molecule has 4 aromatic rings. The number of rotatable bonds is 8. The molecule has 6 rings (SSSR count). The molecular formula is C24H22N6O3. The van der Waals surface area contributed by atoms with Crippen molar-refractivity contribution in [3.63, 3.8) is 0 Å². The van der Waals surface area contributed by atoms with Crippen LogP contribution >= 0.6 is 0 Å². The number of pyridine rings is 1. The summed E-state index contributed by atoms with van der Waals surface area (Å²) in [6.45, 7) is 0.198. The number of hydrogen-bond donors (Lipinski definition) is 1. The maximum Gasteiger partial charge on any atom is 0.240 e. The van der Waals surface area contributed by atoms with E-state index in [2.05, 4.69) is 26.3 Å². The third-order valence-electron chi connectivity index (χ3n) is 6.53. The molecule has 166 valence electrons. The highest BCUT2D eigenvalue weighted by Crippen LogP contribution is 2.75. The van der Waals surface area contributed by atoms with Crippen molar-refractivity contribution in [2.45, 2.75) is 24.9 Å². The Bertz CT molecular complexity index is 1420. The Balaban J connectivity index is 1.33. The van der Waals surface area contributed by atoms with Gasteiger partial charge in [0.2, 0.25) is 11.7 Å². The lowest BCUT2D eigenvalue weighted by molar-refractivity contribution is -0.117. The SMILES string of the molecule is COCC(=O)C=C(N)c1nnc2c3ccccc3c(OCc3ccc(C45CC4C5)cn3)nn12. The standard InChI is InChI=1S/C24H22N6O3/c1-32-13-17(31)8-20(25)22-28-27-21-18-4-2-3-5-19(18)23(29-30(21)22)33-12-16-7-6-14(11-26-16)24-9-15(24)10-24/h2-8,11,15H,9-10,12-13,25H2,1H3. The zero-order valence-corrected chi connectivity index (χ0v) is 18.1. The predicted octanol–water partition coefficient (Wildman–Crippen LogP) is 2.43. The molecule has 0 radical (unpaired) electrons. The fraction of sp³-hybridized carbons (Fsp3) is 0.292. The van der Waals surface area contributed by atoms with Gasteiger partial charge in [-0.15, -0.1) is 15.3 Å². The van der Waals surface area contributed by atoms with Crippen LogP contribution in [0.3, 0.4) is 0 Å². The van der Waals surface area contributed by atoms with Crippen molar-refractivity contribution in [3.05, 3.63) is 65.8 Å². The summed E-state index contributed by atoms with van der Waals surface area (Å²) >= 11 is 0. The van der Waals surface area contributed by atoms with Crippen LogP contribution in [0.1, 0.15) is 29.9 Å². The van der Waals surface area contributed by atoms with Crippen LogP contribution in [0.25, 0.3) is 22.1 Å². The number of methoxy groups -OCH3 is 1. The summed E-state index contributed by atoms with van der Waals surface area (Å²) in [5, 5.41) is 14.6. The average molecular weight is 442 g/mol. The fourth-order valence-corrected chi connectivity index (χ4v) is 4.38. The Kier molecular flexibility index (Phi) is 4.41. The molecule has 3 aromatic heterocycles. The van der Waals surface area contributed by atoms with Crippen molar-refractivity contribution in [3.8, 4) is 5.88 Å². The zero-order valence-electron chi connectivity index (χ0n) is 18.1. The first-order valence-corrected chi connectivity index (χ1v) is 10.8. The van der Waals surface area contributed by atoms with Crippen LogP contribution in [0.5, 0.6) is 5.88 Å². The van der Waals surface area contributed by atoms with E-state index in [1.54, 1.807) is 0 Å². The summed E-state index contributed by atoms with van der Waals surface area (Å²) in [7, 11) is 1.45. The zero-order chi connectivity index (χ0) is 22.6.